The summed E-state index contributed by atoms with van der Waals surface area (Å²) in [5.41, 5.74) is 1.61. The third-order valence-corrected chi connectivity index (χ3v) is 2.08. The molecule has 0 unspecified atom stereocenters. The highest BCUT2D eigenvalue weighted by molar-refractivity contribution is 5.92. The molecular weight excluding hydrogens is 193 g/mol. The molecule has 2 rings (SSSR count). The number of hydrogen-bond acceptors (Lipinski definition) is 2. The van der Waals surface area contributed by atoms with E-state index in [-0.39, 0.29) is 0 Å². The highest BCUT2D eigenvalue weighted by Gasteiger charge is 1.98. The van der Waals surface area contributed by atoms with Crippen molar-refractivity contribution >= 4 is 23.0 Å². The van der Waals surface area contributed by atoms with Gasteiger partial charge in [0.25, 0.3) is 0 Å². The molecule has 0 atom stereocenters. The molecule has 0 aliphatic carbocycles. The number of carbonyl (C=O) groups is 1. The third kappa shape index (κ3) is 2.07. The third-order valence-electron chi connectivity index (χ3n) is 2.08. The van der Waals surface area contributed by atoms with Crippen LogP contribution in [0.25, 0.3) is 17.0 Å². The number of carbonyl (C=O) groups excluding carboxylic acids is 1. The van der Waals surface area contributed by atoms with Gasteiger partial charge in [-0.2, -0.15) is 4.39 Å². The predicted molar refractivity (Wildman–Crippen MR) is 56.9 cm³/mol. The minimum Gasteiger partial charge on any atom is -0.256 e. The van der Waals surface area contributed by atoms with Gasteiger partial charge in [0.1, 0.15) is 0 Å². The number of rotatable bonds is 2. The molecule has 1 heterocycles. The van der Waals surface area contributed by atoms with E-state index < -0.39 is 6.04 Å². The minimum absolute atomic E-state index is 0.784. The second-order valence-electron chi connectivity index (χ2n) is 3.05. The second kappa shape index (κ2) is 4.00. The van der Waals surface area contributed by atoms with Crippen molar-refractivity contribution in [1.82, 2.24) is 4.98 Å². The number of fused-ring (bicyclic) bond motifs is 1. The Labute approximate surface area is 86.1 Å². The molecule has 1 aromatic carbocycles. The Kier molecular flexibility index (Phi) is 2.54. The Hall–Kier alpha value is -2.03. The zero-order chi connectivity index (χ0) is 10.7. The maximum absolute atomic E-state index is 12.0. The number of aromatic nitrogens is 1. The molecule has 0 aliphatic heterocycles. The first-order chi connectivity index (χ1) is 7.27. The molecule has 0 bridgehead atoms. The summed E-state index contributed by atoms with van der Waals surface area (Å²) in [6.07, 6.45) is 3.98. The first-order valence-electron chi connectivity index (χ1n) is 4.48. The van der Waals surface area contributed by atoms with E-state index in [0.717, 1.165) is 22.5 Å². The molecule has 0 amide bonds. The molecule has 0 spiro atoms. The van der Waals surface area contributed by atoms with Crippen LogP contribution in [0.1, 0.15) is 5.56 Å². The fourth-order valence-electron chi connectivity index (χ4n) is 1.42. The van der Waals surface area contributed by atoms with E-state index in [1.807, 2.05) is 24.3 Å². The number of benzene rings is 1. The fourth-order valence-corrected chi connectivity index (χ4v) is 1.42. The molecule has 1 aromatic heterocycles. The van der Waals surface area contributed by atoms with Crippen molar-refractivity contribution in [3.05, 3.63) is 48.2 Å². The summed E-state index contributed by atoms with van der Waals surface area (Å²) >= 11 is 0. The summed E-state index contributed by atoms with van der Waals surface area (Å²) in [6.45, 7) is 0. The van der Waals surface area contributed by atoms with Crippen LogP contribution >= 0.6 is 0 Å². The summed E-state index contributed by atoms with van der Waals surface area (Å²) < 4.78 is 12.0. The van der Waals surface area contributed by atoms with E-state index in [2.05, 4.69) is 4.98 Å². The molecule has 15 heavy (non-hydrogen) atoms. The van der Waals surface area contributed by atoms with Crippen LogP contribution in [0, 0.1) is 0 Å². The van der Waals surface area contributed by atoms with E-state index in [1.165, 1.54) is 6.08 Å². The maximum atomic E-state index is 12.0. The number of allylic oxidation sites excluding steroid dienone is 1. The van der Waals surface area contributed by atoms with Crippen LogP contribution in [0.4, 0.5) is 4.39 Å². The van der Waals surface area contributed by atoms with E-state index in [1.54, 1.807) is 12.3 Å². The monoisotopic (exact) mass is 201 g/mol. The molecule has 0 fully saturated rings. The smallest absolute Gasteiger partial charge is 0.256 e. The van der Waals surface area contributed by atoms with Gasteiger partial charge in [-0.1, -0.05) is 18.2 Å². The van der Waals surface area contributed by atoms with Crippen LogP contribution < -0.4 is 0 Å². The van der Waals surface area contributed by atoms with Crippen LogP contribution in [0.5, 0.6) is 0 Å². The van der Waals surface area contributed by atoms with Gasteiger partial charge in [0.2, 0.25) is 0 Å². The Morgan fingerprint density at radius 2 is 2.07 bits per heavy atom. The van der Waals surface area contributed by atoms with Gasteiger partial charge in [-0.3, -0.25) is 9.78 Å². The van der Waals surface area contributed by atoms with Gasteiger partial charge in [0.05, 0.1) is 5.52 Å². The number of nitrogens with zero attached hydrogens (tertiary/aromatic N) is 1. The zero-order valence-electron chi connectivity index (χ0n) is 7.85. The maximum Gasteiger partial charge on any atom is 0.324 e. The van der Waals surface area contributed by atoms with Gasteiger partial charge >= 0.3 is 6.04 Å². The predicted octanol–water partition coefficient (Wildman–Crippen LogP) is 2.74. The SMILES string of the molecule is O=C(F)/C=C/c1ccnc2ccccc12. The number of pyridine rings is 1. The summed E-state index contributed by atoms with van der Waals surface area (Å²) in [5.74, 6) is 0. The Bertz CT molecular complexity index is 529. The van der Waals surface area contributed by atoms with E-state index in [4.69, 9.17) is 0 Å². The summed E-state index contributed by atoms with van der Waals surface area (Å²) in [4.78, 5) is 14.3. The largest absolute Gasteiger partial charge is 0.324 e. The summed E-state index contributed by atoms with van der Waals surface area (Å²) in [6, 6.07) is 7.79. The molecule has 0 saturated carbocycles. The van der Waals surface area contributed by atoms with Crippen molar-refractivity contribution in [1.29, 1.82) is 0 Å². The zero-order valence-corrected chi connectivity index (χ0v) is 7.85. The molecule has 0 aliphatic rings. The first-order valence-corrected chi connectivity index (χ1v) is 4.48. The number of para-hydroxylation sites is 1. The average molecular weight is 201 g/mol. The normalized spacial score (nSPS) is 11.0. The molecule has 2 nitrogen and oxygen atoms in total. The molecular formula is C12H8FNO. The van der Waals surface area contributed by atoms with Crippen molar-refractivity contribution in [2.24, 2.45) is 0 Å². The van der Waals surface area contributed by atoms with Gasteiger partial charge in [0, 0.05) is 17.7 Å². The molecule has 0 saturated heterocycles. The van der Waals surface area contributed by atoms with Crippen LogP contribution in [0.15, 0.2) is 42.6 Å². The van der Waals surface area contributed by atoms with E-state index in [0.29, 0.717) is 0 Å². The lowest BCUT2D eigenvalue weighted by molar-refractivity contribution is -0.124. The standard InChI is InChI=1S/C12H8FNO/c13-12(15)6-5-9-7-8-14-11-4-2-1-3-10(9)11/h1-8H/b6-5+. The van der Waals surface area contributed by atoms with Gasteiger partial charge in [-0.05, 0) is 23.8 Å². The van der Waals surface area contributed by atoms with Crippen LogP contribution in [-0.2, 0) is 4.79 Å². The quantitative estimate of drug-likeness (QED) is 0.552. The van der Waals surface area contributed by atoms with Gasteiger partial charge < -0.3 is 0 Å². The van der Waals surface area contributed by atoms with Crippen molar-refractivity contribution in [2.75, 3.05) is 0 Å². The van der Waals surface area contributed by atoms with Gasteiger partial charge in [-0.15, -0.1) is 0 Å². The lowest BCUT2D eigenvalue weighted by Crippen LogP contribution is -1.83. The number of hydrogen-bond donors (Lipinski definition) is 0. The average Bonchev–Trinajstić information content (AvgIpc) is 2.26. The summed E-state index contributed by atoms with van der Waals surface area (Å²) in [7, 11) is 0. The Balaban J connectivity index is 2.56. The lowest BCUT2D eigenvalue weighted by atomic mass is 10.1. The highest BCUT2D eigenvalue weighted by Crippen LogP contribution is 2.17. The highest BCUT2D eigenvalue weighted by atomic mass is 19.1. The minimum atomic E-state index is -1.45. The number of halogens is 1. The Morgan fingerprint density at radius 3 is 2.87 bits per heavy atom. The molecule has 3 heteroatoms. The van der Waals surface area contributed by atoms with Crippen molar-refractivity contribution in [3.8, 4) is 0 Å². The van der Waals surface area contributed by atoms with Crippen LogP contribution in [0.2, 0.25) is 0 Å². The fraction of sp³-hybridized carbons (Fsp3) is 0. The summed E-state index contributed by atoms with van der Waals surface area (Å²) in [5, 5.41) is 0.900. The molecule has 74 valence electrons. The Morgan fingerprint density at radius 1 is 1.27 bits per heavy atom. The van der Waals surface area contributed by atoms with Gasteiger partial charge in [0.15, 0.2) is 0 Å². The van der Waals surface area contributed by atoms with Crippen LogP contribution in [0.3, 0.4) is 0 Å². The topological polar surface area (TPSA) is 30.0 Å². The van der Waals surface area contributed by atoms with E-state index >= 15 is 0 Å². The van der Waals surface area contributed by atoms with E-state index in [9.17, 15) is 9.18 Å². The van der Waals surface area contributed by atoms with Crippen LogP contribution in [-0.4, -0.2) is 11.0 Å². The first kappa shape index (κ1) is 9.52. The van der Waals surface area contributed by atoms with Crippen molar-refractivity contribution in [3.63, 3.8) is 0 Å². The molecule has 0 radical (unpaired) electrons. The van der Waals surface area contributed by atoms with Gasteiger partial charge in [-0.25, -0.2) is 0 Å². The van der Waals surface area contributed by atoms with Crippen molar-refractivity contribution < 1.29 is 9.18 Å². The molecule has 0 N–H and O–H groups in total. The lowest BCUT2D eigenvalue weighted by Gasteiger charge is -1.99. The van der Waals surface area contributed by atoms with Crippen molar-refractivity contribution in [2.45, 2.75) is 0 Å². The molecule has 2 aromatic rings. The second-order valence-corrected chi connectivity index (χ2v) is 3.05.